The van der Waals surface area contributed by atoms with E-state index in [2.05, 4.69) is 69.1 Å². The maximum absolute atomic E-state index is 6.59. The second-order valence-corrected chi connectivity index (χ2v) is 13.3. The molecule has 2 N–H and O–H groups in total. The molecular weight excluding hydrogens is 340 g/mol. The van der Waals surface area contributed by atoms with Gasteiger partial charge in [-0.15, -0.1) is 0 Å². The molecule has 140 valence electrons. The summed E-state index contributed by atoms with van der Waals surface area (Å²) in [6, 6.07) is 4.18. The molecule has 0 saturated carbocycles. The Hall–Kier alpha value is -2.21. The third-order valence-corrected chi connectivity index (χ3v) is 10.0. The van der Waals surface area contributed by atoms with Gasteiger partial charge in [0.1, 0.15) is 5.76 Å². The zero-order chi connectivity index (χ0) is 19.3. The summed E-state index contributed by atoms with van der Waals surface area (Å²) in [4.78, 5) is 2.18. The molecule has 0 saturated heterocycles. The van der Waals surface area contributed by atoms with Crippen molar-refractivity contribution in [3.63, 3.8) is 0 Å². The maximum Gasteiger partial charge on any atom is 0.250 e. The first-order valence-electron chi connectivity index (χ1n) is 9.08. The number of aromatic nitrogens is 2. The van der Waals surface area contributed by atoms with Crippen LogP contribution in [-0.4, -0.2) is 24.1 Å². The largest absolute Gasteiger partial charge is 0.545 e. The predicted octanol–water partition coefficient (Wildman–Crippen LogP) is 4.78. The Morgan fingerprint density at radius 3 is 2.58 bits per heavy atom. The number of aryl methyl sites for hydroxylation is 1. The number of hydrogen-bond acceptors (Lipinski definition) is 4. The van der Waals surface area contributed by atoms with Crippen LogP contribution in [0.3, 0.4) is 0 Å². The van der Waals surface area contributed by atoms with Crippen molar-refractivity contribution < 1.29 is 4.43 Å². The van der Waals surface area contributed by atoms with Gasteiger partial charge < -0.3 is 15.1 Å². The van der Waals surface area contributed by atoms with Gasteiger partial charge in [0, 0.05) is 18.6 Å². The van der Waals surface area contributed by atoms with Gasteiger partial charge in [0.25, 0.3) is 0 Å². The number of nitrogens with two attached hydrogens (primary N) is 1. The van der Waals surface area contributed by atoms with E-state index in [0.29, 0.717) is 0 Å². The molecule has 0 bridgehead atoms. The normalized spacial score (nSPS) is 18.3. The van der Waals surface area contributed by atoms with E-state index in [0.717, 1.165) is 28.0 Å². The molecule has 2 heterocycles. The lowest BCUT2D eigenvalue weighted by Gasteiger charge is -2.41. The van der Waals surface area contributed by atoms with Crippen molar-refractivity contribution in [2.45, 2.75) is 51.9 Å². The van der Waals surface area contributed by atoms with Crippen LogP contribution in [0.15, 0.2) is 42.4 Å². The molecule has 26 heavy (non-hydrogen) atoms. The lowest BCUT2D eigenvalue weighted by atomic mass is 10.1. The second-order valence-electron chi connectivity index (χ2n) is 8.59. The summed E-state index contributed by atoms with van der Waals surface area (Å²) < 4.78 is 8.43. The lowest BCUT2D eigenvalue weighted by molar-refractivity contribution is 0.353. The molecule has 6 heteroatoms. The highest BCUT2D eigenvalue weighted by molar-refractivity contribution is 6.74. The van der Waals surface area contributed by atoms with Crippen LogP contribution in [0.1, 0.15) is 27.7 Å². The highest BCUT2D eigenvalue weighted by atomic mass is 28.4. The molecule has 1 aromatic heterocycles. The van der Waals surface area contributed by atoms with E-state index in [9.17, 15) is 0 Å². The summed E-state index contributed by atoms with van der Waals surface area (Å²) in [6.45, 7) is 13.5. The van der Waals surface area contributed by atoms with Crippen LogP contribution in [0.4, 0.5) is 11.4 Å². The van der Waals surface area contributed by atoms with Crippen molar-refractivity contribution in [2.75, 3.05) is 10.6 Å². The fourth-order valence-electron chi connectivity index (χ4n) is 2.92. The third kappa shape index (κ3) is 3.14. The topological polar surface area (TPSA) is 56.3 Å². The molecule has 0 unspecified atom stereocenters. The van der Waals surface area contributed by atoms with Gasteiger partial charge in [0.15, 0.2) is 0 Å². The molecule has 0 spiro atoms. The van der Waals surface area contributed by atoms with Crippen LogP contribution in [0, 0.1) is 0 Å². The zero-order valence-electron chi connectivity index (χ0n) is 16.9. The number of fused-ring (bicyclic) bond motifs is 1. The van der Waals surface area contributed by atoms with E-state index in [4.69, 9.17) is 10.2 Å². The molecule has 5 nitrogen and oxygen atoms in total. The van der Waals surface area contributed by atoms with Gasteiger partial charge >= 0.3 is 0 Å². The van der Waals surface area contributed by atoms with E-state index in [1.165, 1.54) is 0 Å². The van der Waals surface area contributed by atoms with E-state index in [1.807, 2.05) is 30.1 Å². The van der Waals surface area contributed by atoms with E-state index < -0.39 is 8.32 Å². The maximum atomic E-state index is 6.59. The summed E-state index contributed by atoms with van der Waals surface area (Å²) >= 11 is 0. The van der Waals surface area contributed by atoms with Crippen molar-refractivity contribution >= 4 is 30.6 Å². The van der Waals surface area contributed by atoms with Crippen molar-refractivity contribution in [3.05, 3.63) is 42.4 Å². The average molecular weight is 371 g/mol. The minimum absolute atomic E-state index is 0.0885. The number of rotatable bonds is 3. The first-order chi connectivity index (χ1) is 12.0. The molecule has 3 rings (SSSR count). The minimum Gasteiger partial charge on any atom is -0.545 e. The highest BCUT2D eigenvalue weighted by Gasteiger charge is 2.40. The monoisotopic (exact) mass is 370 g/mol. The molecule has 1 aromatic carbocycles. The van der Waals surface area contributed by atoms with E-state index in [-0.39, 0.29) is 11.1 Å². The van der Waals surface area contributed by atoms with Gasteiger partial charge in [0.2, 0.25) is 8.32 Å². The standard InChI is InChI=1S/C20H30N4OSi/c1-14-19(25-26(6,7)20(2,3)4)9-8-10-24(14)18-11-15-13-22-23(5)17(15)12-16(18)21/h8-14H,21H2,1-7H3/t14-/m1/s1. The molecule has 1 atom stereocenters. The Labute approximate surface area is 157 Å². The highest BCUT2D eigenvalue weighted by Crippen LogP contribution is 2.40. The molecule has 0 radical (unpaired) electrons. The Bertz CT molecular complexity index is 889. The summed E-state index contributed by atoms with van der Waals surface area (Å²) in [5.41, 5.74) is 9.14. The van der Waals surface area contributed by atoms with E-state index >= 15 is 0 Å². The second kappa shape index (κ2) is 6.19. The van der Waals surface area contributed by atoms with Crippen LogP contribution in [0.5, 0.6) is 0 Å². The fourth-order valence-corrected chi connectivity index (χ4v) is 4.05. The molecule has 1 aliphatic rings. The number of anilines is 2. The van der Waals surface area contributed by atoms with Crippen molar-refractivity contribution in [2.24, 2.45) is 7.05 Å². The summed E-state index contributed by atoms with van der Waals surface area (Å²) in [6.07, 6.45) is 8.06. The van der Waals surface area contributed by atoms with Crippen molar-refractivity contribution in [1.29, 1.82) is 0 Å². The smallest absolute Gasteiger partial charge is 0.250 e. The minimum atomic E-state index is -1.89. The fraction of sp³-hybridized carbons (Fsp3) is 0.450. The van der Waals surface area contributed by atoms with Gasteiger partial charge in [-0.2, -0.15) is 5.10 Å². The molecular formula is C20H30N4OSi. The Morgan fingerprint density at radius 2 is 1.92 bits per heavy atom. The van der Waals surface area contributed by atoms with Gasteiger partial charge in [0.05, 0.1) is 29.1 Å². The van der Waals surface area contributed by atoms with Crippen molar-refractivity contribution in [1.82, 2.24) is 9.78 Å². The molecule has 1 aliphatic heterocycles. The van der Waals surface area contributed by atoms with Crippen LogP contribution in [0.2, 0.25) is 18.1 Å². The molecule has 2 aromatic rings. The van der Waals surface area contributed by atoms with Crippen LogP contribution in [-0.2, 0) is 11.5 Å². The molecule has 0 aliphatic carbocycles. The van der Waals surface area contributed by atoms with Crippen molar-refractivity contribution in [3.8, 4) is 0 Å². The molecule has 0 amide bonds. The zero-order valence-corrected chi connectivity index (χ0v) is 17.9. The third-order valence-electron chi connectivity index (χ3n) is 5.69. The Kier molecular flexibility index (Phi) is 4.43. The van der Waals surface area contributed by atoms with Crippen LogP contribution < -0.4 is 10.6 Å². The summed E-state index contributed by atoms with van der Waals surface area (Å²) in [5, 5.41) is 5.57. The lowest BCUT2D eigenvalue weighted by Crippen LogP contribution is -2.44. The average Bonchev–Trinajstić information content (AvgIpc) is 2.88. The summed E-state index contributed by atoms with van der Waals surface area (Å²) in [5.74, 6) is 1.00. The van der Waals surface area contributed by atoms with Gasteiger partial charge in [-0.05, 0) is 49.3 Å². The Morgan fingerprint density at radius 1 is 1.23 bits per heavy atom. The number of hydrogen-bond donors (Lipinski definition) is 1. The predicted molar refractivity (Wildman–Crippen MR) is 113 cm³/mol. The number of benzene rings is 1. The molecule has 0 fully saturated rings. The number of allylic oxidation sites excluding steroid dienone is 2. The van der Waals surface area contributed by atoms with E-state index in [1.54, 1.807) is 0 Å². The SMILES string of the molecule is C[C@@H]1C(O[Si](C)(C)C(C)(C)C)=CC=CN1c1cc2cnn(C)c2cc1N. The van der Waals surface area contributed by atoms with Crippen LogP contribution >= 0.6 is 0 Å². The first kappa shape index (κ1) is 18.6. The van der Waals surface area contributed by atoms with Gasteiger partial charge in [-0.1, -0.05) is 20.8 Å². The van der Waals surface area contributed by atoms with Crippen LogP contribution in [0.25, 0.3) is 10.9 Å². The summed E-state index contributed by atoms with van der Waals surface area (Å²) in [7, 11) is 0.0373. The van der Waals surface area contributed by atoms with Gasteiger partial charge in [-0.3, -0.25) is 4.68 Å². The first-order valence-corrected chi connectivity index (χ1v) is 12.0. The van der Waals surface area contributed by atoms with Gasteiger partial charge in [-0.25, -0.2) is 0 Å². The quantitative estimate of drug-likeness (QED) is 0.624. The number of nitrogens with zero attached hydrogens (tertiary/aromatic N) is 3. The number of nitrogen functional groups attached to an aromatic ring is 1. The Balaban J connectivity index is 1.93.